The van der Waals surface area contributed by atoms with E-state index in [9.17, 15) is 17.1 Å². The Labute approximate surface area is 58.2 Å². The van der Waals surface area contributed by atoms with E-state index in [4.69, 9.17) is 0 Å². The van der Waals surface area contributed by atoms with Crippen LogP contribution in [0.1, 0.15) is 6.42 Å². The summed E-state index contributed by atoms with van der Waals surface area (Å²) < 4.78 is 35.3. The standard InChI is InChI=1S/C4H7FO4S/c1-9-4(6)2-3-10(5,7)8/h2-3H2,1H3. The van der Waals surface area contributed by atoms with Crippen molar-refractivity contribution in [1.82, 2.24) is 0 Å². The Balaban J connectivity index is 3.67. The molecule has 4 nitrogen and oxygen atoms in total. The summed E-state index contributed by atoms with van der Waals surface area (Å²) >= 11 is 0. The highest BCUT2D eigenvalue weighted by atomic mass is 32.3. The van der Waals surface area contributed by atoms with Crippen LogP contribution in [0.5, 0.6) is 0 Å². The quantitative estimate of drug-likeness (QED) is 0.436. The van der Waals surface area contributed by atoms with Gasteiger partial charge in [-0.2, -0.15) is 8.42 Å². The van der Waals surface area contributed by atoms with Gasteiger partial charge >= 0.3 is 16.2 Å². The van der Waals surface area contributed by atoms with Crippen LogP contribution in [-0.4, -0.2) is 27.2 Å². The van der Waals surface area contributed by atoms with Crippen LogP contribution in [0.4, 0.5) is 3.89 Å². The Morgan fingerprint density at radius 3 is 2.40 bits per heavy atom. The summed E-state index contributed by atoms with van der Waals surface area (Å²) in [4.78, 5) is 10.2. The van der Waals surface area contributed by atoms with Gasteiger partial charge in [-0.15, -0.1) is 3.89 Å². The SMILES string of the molecule is COC(=O)CCS(=O)(=O)F. The fourth-order valence-electron chi connectivity index (χ4n) is 0.307. The average molecular weight is 170 g/mol. The van der Waals surface area contributed by atoms with Crippen molar-refractivity contribution in [3.63, 3.8) is 0 Å². The fraction of sp³-hybridized carbons (Fsp3) is 0.750. The molecule has 6 heteroatoms. The maximum atomic E-state index is 11.7. The summed E-state index contributed by atoms with van der Waals surface area (Å²) in [6.45, 7) is 0. The minimum atomic E-state index is -4.53. The summed E-state index contributed by atoms with van der Waals surface area (Å²) in [5.74, 6) is -1.54. The highest BCUT2D eigenvalue weighted by Crippen LogP contribution is 1.94. The molecule has 0 rings (SSSR count). The molecule has 0 amide bonds. The highest BCUT2D eigenvalue weighted by Gasteiger charge is 2.10. The molecule has 0 saturated carbocycles. The Bertz CT molecular complexity index is 207. The highest BCUT2D eigenvalue weighted by molar-refractivity contribution is 7.86. The number of carbonyl (C=O) groups excluding carboxylic acids is 1. The molecule has 0 radical (unpaired) electrons. The Morgan fingerprint density at radius 2 is 2.10 bits per heavy atom. The van der Waals surface area contributed by atoms with E-state index < -0.39 is 28.4 Å². The first kappa shape index (κ1) is 9.35. The average Bonchev–Trinajstić information content (AvgIpc) is 1.81. The first-order chi connectivity index (χ1) is 4.45. The molecule has 0 fully saturated rings. The molecule has 0 aliphatic carbocycles. The van der Waals surface area contributed by atoms with Crippen LogP contribution in [0.2, 0.25) is 0 Å². The molecule has 0 heterocycles. The Morgan fingerprint density at radius 1 is 1.60 bits per heavy atom. The lowest BCUT2D eigenvalue weighted by Crippen LogP contribution is -2.07. The zero-order chi connectivity index (χ0) is 8.20. The molecule has 0 aromatic carbocycles. The predicted octanol–water partition coefficient (Wildman–Crippen LogP) is -0.151. The van der Waals surface area contributed by atoms with Crippen molar-refractivity contribution in [2.24, 2.45) is 0 Å². The normalized spacial score (nSPS) is 11.0. The van der Waals surface area contributed by atoms with E-state index in [1.807, 2.05) is 0 Å². The van der Waals surface area contributed by atoms with Gasteiger partial charge in [-0.05, 0) is 0 Å². The smallest absolute Gasteiger partial charge is 0.306 e. The van der Waals surface area contributed by atoms with Gasteiger partial charge in [-0.1, -0.05) is 0 Å². The van der Waals surface area contributed by atoms with Gasteiger partial charge in [0.05, 0.1) is 19.3 Å². The number of esters is 1. The third-order valence-corrected chi connectivity index (χ3v) is 1.47. The number of hydrogen-bond donors (Lipinski definition) is 0. The van der Waals surface area contributed by atoms with Crippen molar-refractivity contribution in [1.29, 1.82) is 0 Å². The van der Waals surface area contributed by atoms with E-state index in [2.05, 4.69) is 4.74 Å². The van der Waals surface area contributed by atoms with Crippen molar-refractivity contribution in [2.75, 3.05) is 12.9 Å². The van der Waals surface area contributed by atoms with Gasteiger partial charge in [0.15, 0.2) is 0 Å². The first-order valence-corrected chi connectivity index (χ1v) is 4.00. The third-order valence-electron chi connectivity index (χ3n) is 0.778. The maximum Gasteiger partial charge on any atom is 0.306 e. The lowest BCUT2D eigenvalue weighted by Gasteiger charge is -1.93. The van der Waals surface area contributed by atoms with Crippen molar-refractivity contribution < 1.29 is 21.8 Å². The molecule has 0 spiro atoms. The molecule has 0 aromatic heterocycles. The van der Waals surface area contributed by atoms with E-state index in [-0.39, 0.29) is 0 Å². The van der Waals surface area contributed by atoms with Gasteiger partial charge in [-0.3, -0.25) is 4.79 Å². The van der Waals surface area contributed by atoms with Gasteiger partial charge < -0.3 is 4.74 Å². The van der Waals surface area contributed by atoms with Crippen LogP contribution in [0.3, 0.4) is 0 Å². The fourth-order valence-corrected chi connectivity index (χ4v) is 0.718. The Kier molecular flexibility index (Phi) is 3.27. The second-order valence-corrected chi connectivity index (χ2v) is 3.06. The minimum absolute atomic E-state index is 0.435. The maximum absolute atomic E-state index is 11.7. The third kappa shape index (κ3) is 5.49. The van der Waals surface area contributed by atoms with Crippen LogP contribution in [-0.2, 0) is 19.8 Å². The minimum Gasteiger partial charge on any atom is -0.469 e. The van der Waals surface area contributed by atoms with Crippen LogP contribution in [0.15, 0.2) is 0 Å². The number of ether oxygens (including phenoxy) is 1. The summed E-state index contributed by atoms with van der Waals surface area (Å²) in [6.07, 6.45) is -0.435. The van der Waals surface area contributed by atoms with E-state index >= 15 is 0 Å². The van der Waals surface area contributed by atoms with E-state index in [0.29, 0.717) is 0 Å². The van der Waals surface area contributed by atoms with Gasteiger partial charge in [0.1, 0.15) is 0 Å². The monoisotopic (exact) mass is 170 g/mol. The lowest BCUT2D eigenvalue weighted by molar-refractivity contribution is -0.140. The van der Waals surface area contributed by atoms with Gasteiger partial charge in [-0.25, -0.2) is 0 Å². The van der Waals surface area contributed by atoms with Crippen molar-refractivity contribution in [3.05, 3.63) is 0 Å². The number of rotatable bonds is 3. The second kappa shape index (κ2) is 3.50. The molecule has 0 aliphatic heterocycles. The largest absolute Gasteiger partial charge is 0.469 e. The molecule has 10 heavy (non-hydrogen) atoms. The van der Waals surface area contributed by atoms with Gasteiger partial charge in [0.25, 0.3) is 0 Å². The molecule has 0 bridgehead atoms. The molecule has 0 atom stereocenters. The van der Waals surface area contributed by atoms with Crippen LogP contribution >= 0.6 is 0 Å². The summed E-state index contributed by atoms with van der Waals surface area (Å²) in [5, 5.41) is 0. The summed E-state index contributed by atoms with van der Waals surface area (Å²) in [6, 6.07) is 0. The zero-order valence-corrected chi connectivity index (χ0v) is 6.15. The van der Waals surface area contributed by atoms with Gasteiger partial charge in [0.2, 0.25) is 0 Å². The van der Waals surface area contributed by atoms with Crippen LogP contribution < -0.4 is 0 Å². The van der Waals surface area contributed by atoms with Crippen LogP contribution in [0.25, 0.3) is 0 Å². The Hall–Kier alpha value is -0.650. The molecule has 0 unspecified atom stereocenters. The summed E-state index contributed by atoms with van der Waals surface area (Å²) in [5.41, 5.74) is 0. The van der Waals surface area contributed by atoms with E-state index in [1.54, 1.807) is 0 Å². The van der Waals surface area contributed by atoms with Crippen molar-refractivity contribution in [3.8, 4) is 0 Å². The zero-order valence-electron chi connectivity index (χ0n) is 5.33. The molecule has 60 valence electrons. The molecule has 0 saturated heterocycles. The molecule has 0 N–H and O–H groups in total. The molecule has 0 aromatic rings. The second-order valence-electron chi connectivity index (χ2n) is 1.57. The van der Waals surface area contributed by atoms with Crippen molar-refractivity contribution in [2.45, 2.75) is 6.42 Å². The number of carbonyl (C=O) groups is 1. The predicted molar refractivity (Wildman–Crippen MR) is 31.5 cm³/mol. The van der Waals surface area contributed by atoms with Crippen molar-refractivity contribution >= 4 is 16.2 Å². The molecule has 0 aliphatic rings. The number of hydrogen-bond acceptors (Lipinski definition) is 4. The van der Waals surface area contributed by atoms with E-state index in [1.165, 1.54) is 0 Å². The molecular weight excluding hydrogens is 163 g/mol. The van der Waals surface area contributed by atoms with Crippen LogP contribution in [0, 0.1) is 0 Å². The number of methoxy groups -OCH3 is 1. The lowest BCUT2D eigenvalue weighted by atomic mass is 10.5. The summed E-state index contributed by atoms with van der Waals surface area (Å²) in [7, 11) is -3.43. The van der Waals surface area contributed by atoms with Gasteiger partial charge in [0, 0.05) is 0 Å². The topological polar surface area (TPSA) is 60.4 Å². The first-order valence-electron chi connectivity index (χ1n) is 2.45. The molecular formula is C4H7FO4S. The van der Waals surface area contributed by atoms with E-state index in [0.717, 1.165) is 7.11 Å². The number of halogens is 1.